The number of hydrogen-bond donors (Lipinski definition) is 1. The maximum Gasteiger partial charge on any atom is 0.276 e. The maximum absolute atomic E-state index is 12.2. The van der Waals surface area contributed by atoms with E-state index in [1.807, 2.05) is 13.0 Å². The largest absolute Gasteiger partial charge is 0.276 e. The van der Waals surface area contributed by atoms with Crippen LogP contribution >= 0.6 is 11.6 Å². The van der Waals surface area contributed by atoms with Crippen LogP contribution in [0.5, 0.6) is 0 Å². The minimum atomic E-state index is -3.69. The Morgan fingerprint density at radius 2 is 1.86 bits per heavy atom. The van der Waals surface area contributed by atoms with Crippen molar-refractivity contribution in [3.8, 4) is 0 Å². The van der Waals surface area contributed by atoms with E-state index in [1.54, 1.807) is 43.3 Å². The van der Waals surface area contributed by atoms with Gasteiger partial charge in [-0.3, -0.25) is 0 Å². The fourth-order valence-electron chi connectivity index (χ4n) is 1.79. The van der Waals surface area contributed by atoms with Gasteiger partial charge in [-0.05, 0) is 37.1 Å². The normalized spacial score (nSPS) is 11.8. The molecule has 110 valence electrons. The number of aryl methyl sites for hydroxylation is 2. The highest BCUT2D eigenvalue weighted by atomic mass is 35.5. The van der Waals surface area contributed by atoms with Gasteiger partial charge in [-0.25, -0.2) is 4.83 Å². The van der Waals surface area contributed by atoms with Crippen LogP contribution in [0.2, 0.25) is 5.02 Å². The molecular formula is C15H15ClN2O2S. The second kappa shape index (κ2) is 6.28. The lowest BCUT2D eigenvalue weighted by molar-refractivity contribution is 0.584. The molecule has 0 aliphatic heterocycles. The minimum Gasteiger partial charge on any atom is -0.200 e. The summed E-state index contributed by atoms with van der Waals surface area (Å²) in [4.78, 5) is 2.42. The van der Waals surface area contributed by atoms with E-state index in [-0.39, 0.29) is 4.90 Å². The molecule has 0 radical (unpaired) electrons. The first-order valence-electron chi connectivity index (χ1n) is 6.27. The standard InChI is InChI=1S/C15H15ClN2O2S/c1-11-7-8-12(2)15(9-11)21(19,20)18-17-10-13-5-3-4-6-14(13)16/h3-10,18H,1-2H3/b17-10+. The lowest BCUT2D eigenvalue weighted by Crippen LogP contribution is -2.19. The Morgan fingerprint density at radius 3 is 2.57 bits per heavy atom. The van der Waals surface area contributed by atoms with Gasteiger partial charge in [-0.2, -0.15) is 13.5 Å². The molecule has 0 atom stereocenters. The summed E-state index contributed by atoms with van der Waals surface area (Å²) in [5.74, 6) is 0. The molecule has 0 fully saturated rings. The molecule has 21 heavy (non-hydrogen) atoms. The van der Waals surface area contributed by atoms with Gasteiger partial charge in [0, 0.05) is 10.6 Å². The van der Waals surface area contributed by atoms with Crippen molar-refractivity contribution in [3.05, 3.63) is 64.2 Å². The van der Waals surface area contributed by atoms with E-state index in [4.69, 9.17) is 11.6 Å². The fourth-order valence-corrected chi connectivity index (χ4v) is 3.10. The van der Waals surface area contributed by atoms with E-state index < -0.39 is 10.0 Å². The van der Waals surface area contributed by atoms with Crippen molar-refractivity contribution >= 4 is 27.8 Å². The van der Waals surface area contributed by atoms with Gasteiger partial charge in [0.1, 0.15) is 0 Å². The molecular weight excluding hydrogens is 308 g/mol. The second-order valence-electron chi connectivity index (χ2n) is 4.64. The molecule has 0 spiro atoms. The van der Waals surface area contributed by atoms with Crippen LogP contribution in [-0.2, 0) is 10.0 Å². The van der Waals surface area contributed by atoms with Gasteiger partial charge >= 0.3 is 0 Å². The van der Waals surface area contributed by atoms with Crippen molar-refractivity contribution in [1.82, 2.24) is 4.83 Å². The number of hydrogen-bond acceptors (Lipinski definition) is 3. The predicted molar refractivity (Wildman–Crippen MR) is 85.3 cm³/mol. The molecule has 6 heteroatoms. The summed E-state index contributed by atoms with van der Waals surface area (Å²) in [7, 11) is -3.69. The zero-order valence-corrected chi connectivity index (χ0v) is 13.2. The van der Waals surface area contributed by atoms with E-state index >= 15 is 0 Å². The number of benzene rings is 2. The van der Waals surface area contributed by atoms with Crippen molar-refractivity contribution < 1.29 is 8.42 Å². The van der Waals surface area contributed by atoms with Crippen LogP contribution in [-0.4, -0.2) is 14.6 Å². The van der Waals surface area contributed by atoms with Gasteiger partial charge in [0.15, 0.2) is 0 Å². The summed E-state index contributed by atoms with van der Waals surface area (Å²) >= 11 is 5.97. The predicted octanol–water partition coefficient (Wildman–Crippen LogP) is 3.27. The molecule has 0 heterocycles. The van der Waals surface area contributed by atoms with Crippen LogP contribution in [0.15, 0.2) is 52.5 Å². The maximum atomic E-state index is 12.2. The zero-order valence-electron chi connectivity index (χ0n) is 11.7. The summed E-state index contributed by atoms with van der Waals surface area (Å²) in [6.45, 7) is 3.58. The van der Waals surface area contributed by atoms with Crippen LogP contribution in [0.3, 0.4) is 0 Å². The Morgan fingerprint density at radius 1 is 1.14 bits per heavy atom. The van der Waals surface area contributed by atoms with Crippen LogP contribution in [0.1, 0.15) is 16.7 Å². The lowest BCUT2D eigenvalue weighted by atomic mass is 10.2. The second-order valence-corrected chi connectivity index (χ2v) is 6.68. The highest BCUT2D eigenvalue weighted by Gasteiger charge is 2.15. The Kier molecular flexibility index (Phi) is 4.65. The SMILES string of the molecule is Cc1ccc(C)c(S(=O)(=O)N/N=C/c2ccccc2Cl)c1. The number of sulfonamides is 1. The van der Waals surface area contributed by atoms with Gasteiger partial charge in [0.25, 0.3) is 10.0 Å². The summed E-state index contributed by atoms with van der Waals surface area (Å²) in [5, 5.41) is 4.28. The van der Waals surface area contributed by atoms with Gasteiger partial charge in [-0.15, -0.1) is 0 Å². The van der Waals surface area contributed by atoms with E-state index in [2.05, 4.69) is 9.93 Å². The third-order valence-corrected chi connectivity index (χ3v) is 4.62. The van der Waals surface area contributed by atoms with Crippen molar-refractivity contribution in [2.75, 3.05) is 0 Å². The van der Waals surface area contributed by atoms with Gasteiger partial charge in [0.05, 0.1) is 11.1 Å². The summed E-state index contributed by atoms with van der Waals surface area (Å²) in [5.41, 5.74) is 2.18. The Balaban J connectivity index is 2.23. The molecule has 0 unspecified atom stereocenters. The van der Waals surface area contributed by atoms with Crippen molar-refractivity contribution in [2.24, 2.45) is 5.10 Å². The van der Waals surface area contributed by atoms with Gasteiger partial charge in [-0.1, -0.05) is 41.9 Å². The molecule has 0 aliphatic carbocycles. The molecule has 2 aromatic rings. The summed E-state index contributed by atoms with van der Waals surface area (Å²) in [6, 6.07) is 12.3. The van der Waals surface area contributed by atoms with E-state index in [0.29, 0.717) is 16.1 Å². The fraction of sp³-hybridized carbons (Fsp3) is 0.133. The first-order chi connectivity index (χ1) is 9.90. The molecule has 0 amide bonds. The van der Waals surface area contributed by atoms with Crippen molar-refractivity contribution in [1.29, 1.82) is 0 Å². The Labute approximate surface area is 129 Å². The average molecular weight is 323 g/mol. The van der Waals surface area contributed by atoms with Crippen LogP contribution in [0.25, 0.3) is 0 Å². The lowest BCUT2D eigenvalue weighted by Gasteiger charge is -2.07. The van der Waals surface area contributed by atoms with Gasteiger partial charge < -0.3 is 0 Å². The first kappa shape index (κ1) is 15.5. The molecule has 0 bridgehead atoms. The number of rotatable bonds is 4. The summed E-state index contributed by atoms with van der Waals surface area (Å²) in [6.07, 6.45) is 1.38. The Hall–Kier alpha value is -1.85. The quantitative estimate of drug-likeness (QED) is 0.693. The third kappa shape index (κ3) is 3.83. The molecule has 1 N–H and O–H groups in total. The molecule has 0 aromatic heterocycles. The van der Waals surface area contributed by atoms with E-state index in [9.17, 15) is 8.42 Å². The molecule has 0 aliphatic rings. The number of nitrogens with one attached hydrogen (secondary N) is 1. The number of halogens is 1. The Bertz CT molecular complexity index is 786. The van der Waals surface area contributed by atoms with Crippen molar-refractivity contribution in [3.63, 3.8) is 0 Å². The van der Waals surface area contributed by atoms with Crippen LogP contribution in [0, 0.1) is 13.8 Å². The topological polar surface area (TPSA) is 58.5 Å². The highest BCUT2D eigenvalue weighted by Crippen LogP contribution is 2.16. The van der Waals surface area contributed by atoms with E-state index in [0.717, 1.165) is 5.56 Å². The van der Waals surface area contributed by atoms with Gasteiger partial charge in [0.2, 0.25) is 0 Å². The minimum absolute atomic E-state index is 0.221. The molecule has 4 nitrogen and oxygen atoms in total. The number of hydrazone groups is 1. The van der Waals surface area contributed by atoms with E-state index in [1.165, 1.54) is 6.21 Å². The van der Waals surface area contributed by atoms with Crippen LogP contribution < -0.4 is 4.83 Å². The average Bonchev–Trinajstić information content (AvgIpc) is 2.43. The van der Waals surface area contributed by atoms with Crippen LogP contribution in [0.4, 0.5) is 0 Å². The highest BCUT2D eigenvalue weighted by molar-refractivity contribution is 7.89. The first-order valence-corrected chi connectivity index (χ1v) is 8.13. The van der Waals surface area contributed by atoms with Crippen molar-refractivity contribution in [2.45, 2.75) is 18.7 Å². The molecule has 2 rings (SSSR count). The number of nitrogens with zero attached hydrogens (tertiary/aromatic N) is 1. The molecule has 2 aromatic carbocycles. The third-order valence-electron chi connectivity index (χ3n) is 2.91. The monoisotopic (exact) mass is 322 g/mol. The molecule has 0 saturated heterocycles. The molecule has 0 saturated carbocycles. The smallest absolute Gasteiger partial charge is 0.200 e. The summed E-state index contributed by atoms with van der Waals surface area (Å²) < 4.78 is 24.4. The zero-order chi connectivity index (χ0) is 15.5.